The van der Waals surface area contributed by atoms with Gasteiger partial charge in [-0.15, -0.1) is 0 Å². The standard InChI is InChI=1S/C18H23N3O3/c1-5-11-21(12-15(22)20(3)4)18(23)16-13(2)19-24-17(16)14-9-7-6-8-10-14/h6-10H,5,11-12H2,1-4H3. The molecule has 24 heavy (non-hydrogen) atoms. The molecule has 2 aromatic rings. The lowest BCUT2D eigenvalue weighted by atomic mass is 10.1. The Morgan fingerprint density at radius 3 is 2.42 bits per heavy atom. The molecule has 0 bridgehead atoms. The lowest BCUT2D eigenvalue weighted by molar-refractivity contribution is -0.129. The number of aromatic nitrogens is 1. The van der Waals surface area contributed by atoms with Crippen LogP contribution in [0.15, 0.2) is 34.9 Å². The van der Waals surface area contributed by atoms with E-state index < -0.39 is 0 Å². The number of carbonyl (C=O) groups is 2. The average Bonchev–Trinajstić information content (AvgIpc) is 2.96. The Hall–Kier alpha value is -2.63. The Morgan fingerprint density at radius 2 is 1.83 bits per heavy atom. The van der Waals surface area contributed by atoms with Crippen LogP contribution in [-0.2, 0) is 4.79 Å². The molecule has 0 N–H and O–H groups in total. The minimum absolute atomic E-state index is 0.0402. The molecule has 6 heteroatoms. The molecule has 0 spiro atoms. The van der Waals surface area contributed by atoms with Crippen LogP contribution in [0.4, 0.5) is 0 Å². The van der Waals surface area contributed by atoms with E-state index in [1.165, 1.54) is 4.90 Å². The Labute approximate surface area is 142 Å². The van der Waals surface area contributed by atoms with Gasteiger partial charge in [0.05, 0.1) is 5.69 Å². The van der Waals surface area contributed by atoms with Gasteiger partial charge < -0.3 is 14.3 Å². The number of aryl methyl sites for hydroxylation is 1. The maximum Gasteiger partial charge on any atom is 0.260 e. The van der Waals surface area contributed by atoms with Crippen molar-refractivity contribution >= 4 is 11.8 Å². The Bertz CT molecular complexity index is 708. The molecule has 0 saturated carbocycles. The SMILES string of the molecule is CCCN(CC(=O)N(C)C)C(=O)c1c(C)noc1-c1ccccc1. The minimum atomic E-state index is -0.232. The third-order valence-corrected chi connectivity index (χ3v) is 3.72. The molecule has 1 aromatic carbocycles. The van der Waals surface area contributed by atoms with E-state index in [1.807, 2.05) is 37.3 Å². The Balaban J connectivity index is 2.36. The second kappa shape index (κ2) is 7.77. The smallest absolute Gasteiger partial charge is 0.260 e. The van der Waals surface area contributed by atoms with Crippen LogP contribution in [0.1, 0.15) is 29.4 Å². The number of carbonyl (C=O) groups excluding carboxylic acids is 2. The molecule has 0 atom stereocenters. The van der Waals surface area contributed by atoms with Gasteiger partial charge in [0.2, 0.25) is 5.91 Å². The van der Waals surface area contributed by atoms with Crippen molar-refractivity contribution in [2.24, 2.45) is 0 Å². The molecule has 0 unspecified atom stereocenters. The van der Waals surface area contributed by atoms with Crippen LogP contribution in [0.3, 0.4) is 0 Å². The summed E-state index contributed by atoms with van der Waals surface area (Å²) >= 11 is 0. The van der Waals surface area contributed by atoms with E-state index in [2.05, 4.69) is 5.16 Å². The zero-order valence-corrected chi connectivity index (χ0v) is 14.6. The first-order chi connectivity index (χ1) is 11.5. The van der Waals surface area contributed by atoms with E-state index in [9.17, 15) is 9.59 Å². The molecule has 128 valence electrons. The summed E-state index contributed by atoms with van der Waals surface area (Å²) < 4.78 is 5.39. The van der Waals surface area contributed by atoms with Crippen molar-refractivity contribution in [2.45, 2.75) is 20.3 Å². The molecule has 1 aromatic heterocycles. The van der Waals surface area contributed by atoms with Crippen LogP contribution in [-0.4, -0.2) is 54.0 Å². The normalized spacial score (nSPS) is 10.5. The van der Waals surface area contributed by atoms with Crippen LogP contribution >= 0.6 is 0 Å². The summed E-state index contributed by atoms with van der Waals surface area (Å²) in [5.74, 6) is 0.0910. The summed E-state index contributed by atoms with van der Waals surface area (Å²) in [6.07, 6.45) is 0.761. The maximum absolute atomic E-state index is 13.0. The van der Waals surface area contributed by atoms with Crippen molar-refractivity contribution in [1.82, 2.24) is 15.0 Å². The minimum Gasteiger partial charge on any atom is -0.355 e. The summed E-state index contributed by atoms with van der Waals surface area (Å²) in [7, 11) is 3.36. The topological polar surface area (TPSA) is 66.7 Å². The van der Waals surface area contributed by atoms with E-state index in [1.54, 1.807) is 25.9 Å². The van der Waals surface area contributed by atoms with Gasteiger partial charge in [0.1, 0.15) is 12.1 Å². The predicted octanol–water partition coefficient (Wildman–Crippen LogP) is 2.59. The lowest BCUT2D eigenvalue weighted by Crippen LogP contribution is -2.41. The zero-order valence-electron chi connectivity index (χ0n) is 14.6. The van der Waals surface area contributed by atoms with Gasteiger partial charge in [-0.3, -0.25) is 9.59 Å². The summed E-state index contributed by atoms with van der Waals surface area (Å²) in [4.78, 5) is 28.1. The highest BCUT2D eigenvalue weighted by molar-refractivity contribution is 6.01. The molecular weight excluding hydrogens is 306 g/mol. The van der Waals surface area contributed by atoms with Crippen molar-refractivity contribution in [1.29, 1.82) is 0 Å². The Kier molecular flexibility index (Phi) is 5.73. The van der Waals surface area contributed by atoms with Gasteiger partial charge in [-0.2, -0.15) is 0 Å². The number of benzene rings is 1. The van der Waals surface area contributed by atoms with Gasteiger partial charge in [-0.1, -0.05) is 42.4 Å². The molecule has 1 heterocycles. The van der Waals surface area contributed by atoms with Crippen molar-refractivity contribution < 1.29 is 14.1 Å². The lowest BCUT2D eigenvalue weighted by Gasteiger charge is -2.23. The van der Waals surface area contributed by atoms with Gasteiger partial charge in [0.15, 0.2) is 5.76 Å². The largest absolute Gasteiger partial charge is 0.355 e. The van der Waals surface area contributed by atoms with E-state index in [0.717, 1.165) is 12.0 Å². The molecule has 2 amide bonds. The molecule has 2 rings (SSSR count). The van der Waals surface area contributed by atoms with Gasteiger partial charge in [0.25, 0.3) is 5.91 Å². The van der Waals surface area contributed by atoms with Crippen LogP contribution in [0, 0.1) is 6.92 Å². The Morgan fingerprint density at radius 1 is 1.17 bits per heavy atom. The highest BCUT2D eigenvalue weighted by atomic mass is 16.5. The van der Waals surface area contributed by atoms with E-state index >= 15 is 0 Å². The van der Waals surface area contributed by atoms with Crippen molar-refractivity contribution in [3.8, 4) is 11.3 Å². The van der Waals surface area contributed by atoms with Crippen molar-refractivity contribution in [3.05, 3.63) is 41.6 Å². The van der Waals surface area contributed by atoms with Crippen molar-refractivity contribution in [2.75, 3.05) is 27.2 Å². The number of hydrogen-bond donors (Lipinski definition) is 0. The molecule has 0 aliphatic heterocycles. The average molecular weight is 329 g/mol. The van der Waals surface area contributed by atoms with Crippen LogP contribution in [0.25, 0.3) is 11.3 Å². The quantitative estimate of drug-likeness (QED) is 0.817. The number of hydrogen-bond acceptors (Lipinski definition) is 4. The monoisotopic (exact) mass is 329 g/mol. The number of amides is 2. The highest BCUT2D eigenvalue weighted by Gasteiger charge is 2.27. The second-order valence-corrected chi connectivity index (χ2v) is 5.85. The zero-order chi connectivity index (χ0) is 17.7. The van der Waals surface area contributed by atoms with Crippen LogP contribution in [0.5, 0.6) is 0 Å². The predicted molar refractivity (Wildman–Crippen MR) is 91.6 cm³/mol. The highest BCUT2D eigenvalue weighted by Crippen LogP contribution is 2.27. The number of nitrogens with zero attached hydrogens (tertiary/aromatic N) is 3. The van der Waals surface area contributed by atoms with E-state index in [4.69, 9.17) is 4.52 Å². The van der Waals surface area contributed by atoms with Gasteiger partial charge in [-0.05, 0) is 13.3 Å². The van der Waals surface area contributed by atoms with Crippen LogP contribution < -0.4 is 0 Å². The molecule has 6 nitrogen and oxygen atoms in total. The maximum atomic E-state index is 13.0. The molecule has 0 aliphatic carbocycles. The van der Waals surface area contributed by atoms with Crippen molar-refractivity contribution in [3.63, 3.8) is 0 Å². The molecule has 0 radical (unpaired) electrons. The summed E-state index contributed by atoms with van der Waals surface area (Å²) in [5.41, 5.74) is 1.73. The first-order valence-corrected chi connectivity index (χ1v) is 7.96. The van der Waals surface area contributed by atoms with Gasteiger partial charge in [-0.25, -0.2) is 0 Å². The fraction of sp³-hybridized carbons (Fsp3) is 0.389. The third-order valence-electron chi connectivity index (χ3n) is 3.72. The molecular formula is C18H23N3O3. The molecule has 0 saturated heterocycles. The number of rotatable bonds is 6. The first kappa shape index (κ1) is 17.7. The van der Waals surface area contributed by atoms with Gasteiger partial charge >= 0.3 is 0 Å². The fourth-order valence-electron chi connectivity index (χ4n) is 2.39. The number of likely N-dealkylation sites (N-methyl/N-ethyl adjacent to an activating group) is 1. The third kappa shape index (κ3) is 3.82. The summed E-state index contributed by atoms with van der Waals surface area (Å²) in [6.45, 7) is 4.25. The van der Waals surface area contributed by atoms with Gasteiger partial charge in [0, 0.05) is 26.2 Å². The fourth-order valence-corrected chi connectivity index (χ4v) is 2.39. The van der Waals surface area contributed by atoms with E-state index in [0.29, 0.717) is 23.6 Å². The van der Waals surface area contributed by atoms with E-state index in [-0.39, 0.29) is 18.4 Å². The first-order valence-electron chi connectivity index (χ1n) is 7.96. The molecule has 0 aliphatic rings. The van der Waals surface area contributed by atoms with Crippen LogP contribution in [0.2, 0.25) is 0 Å². The molecule has 0 fully saturated rings. The summed E-state index contributed by atoms with van der Waals surface area (Å²) in [6, 6.07) is 9.38. The summed E-state index contributed by atoms with van der Waals surface area (Å²) in [5, 5.41) is 3.95. The second-order valence-electron chi connectivity index (χ2n) is 5.85.